The quantitative estimate of drug-likeness (QED) is 0.719. The average molecular weight is 355 g/mol. The van der Waals surface area contributed by atoms with Crippen molar-refractivity contribution < 1.29 is 4.79 Å². The molecule has 0 N–H and O–H groups in total. The second-order valence-corrected chi connectivity index (χ2v) is 7.50. The number of thiazole rings is 1. The molecule has 0 saturated carbocycles. The molecule has 4 heterocycles. The van der Waals surface area contributed by atoms with Gasteiger partial charge >= 0.3 is 0 Å². The number of aromatic nitrogens is 4. The monoisotopic (exact) mass is 355 g/mol. The molecule has 0 aliphatic carbocycles. The Labute approximate surface area is 150 Å². The molecule has 1 saturated heterocycles. The van der Waals surface area contributed by atoms with E-state index >= 15 is 0 Å². The number of fused-ring (bicyclic) bond motifs is 1. The first-order valence-electron chi connectivity index (χ1n) is 8.76. The van der Waals surface area contributed by atoms with Crippen LogP contribution in [-0.4, -0.2) is 36.9 Å². The van der Waals surface area contributed by atoms with Gasteiger partial charge in [0, 0.05) is 12.7 Å². The van der Waals surface area contributed by atoms with Crippen molar-refractivity contribution in [2.45, 2.75) is 45.6 Å². The topological polar surface area (TPSA) is 63.4 Å². The maximum absolute atomic E-state index is 13.2. The highest BCUT2D eigenvalue weighted by Crippen LogP contribution is 2.34. The first kappa shape index (κ1) is 16.2. The third kappa shape index (κ3) is 2.82. The van der Waals surface area contributed by atoms with Crippen LogP contribution in [0.2, 0.25) is 0 Å². The van der Waals surface area contributed by atoms with E-state index < -0.39 is 0 Å². The lowest BCUT2D eigenvalue weighted by Gasteiger charge is -2.23. The molecule has 25 heavy (non-hydrogen) atoms. The van der Waals surface area contributed by atoms with Crippen LogP contribution < -0.4 is 0 Å². The lowest BCUT2D eigenvalue weighted by molar-refractivity contribution is 0.0733. The molecule has 3 aromatic heterocycles. The summed E-state index contributed by atoms with van der Waals surface area (Å²) in [4.78, 5) is 20.4. The summed E-state index contributed by atoms with van der Waals surface area (Å²) in [5.41, 5.74) is 1.66. The van der Waals surface area contributed by atoms with Crippen LogP contribution in [0.1, 0.15) is 58.4 Å². The molecule has 3 aromatic rings. The third-order valence-corrected chi connectivity index (χ3v) is 5.86. The number of hydrogen-bond acceptors (Lipinski definition) is 5. The molecule has 1 aliphatic rings. The molecule has 130 valence electrons. The fourth-order valence-corrected chi connectivity index (χ4v) is 4.59. The largest absolute Gasteiger partial charge is 0.328 e. The molecule has 0 radical (unpaired) electrons. The number of likely N-dealkylation sites (tertiary alicyclic amines) is 1. The van der Waals surface area contributed by atoms with E-state index in [1.807, 2.05) is 40.6 Å². The van der Waals surface area contributed by atoms with Gasteiger partial charge in [-0.1, -0.05) is 13.0 Å². The van der Waals surface area contributed by atoms with Crippen molar-refractivity contribution in [1.82, 2.24) is 24.5 Å². The van der Waals surface area contributed by atoms with Crippen LogP contribution in [0, 0.1) is 6.92 Å². The van der Waals surface area contributed by atoms with Crippen LogP contribution in [0.4, 0.5) is 0 Å². The summed E-state index contributed by atoms with van der Waals surface area (Å²) >= 11 is 1.54. The molecular weight excluding hydrogens is 334 g/mol. The van der Waals surface area contributed by atoms with Gasteiger partial charge in [0.05, 0.1) is 16.7 Å². The van der Waals surface area contributed by atoms with Crippen LogP contribution in [-0.2, 0) is 6.42 Å². The fraction of sp³-hybridized carbons (Fsp3) is 0.444. The Morgan fingerprint density at radius 1 is 1.36 bits per heavy atom. The highest BCUT2D eigenvalue weighted by Gasteiger charge is 2.35. The van der Waals surface area contributed by atoms with Gasteiger partial charge in [0.2, 0.25) is 0 Å². The Balaban J connectivity index is 1.66. The van der Waals surface area contributed by atoms with Crippen molar-refractivity contribution >= 4 is 22.9 Å². The maximum atomic E-state index is 13.2. The second kappa shape index (κ2) is 6.55. The number of hydrogen-bond donors (Lipinski definition) is 0. The Hall–Kier alpha value is -2.28. The Bertz CT molecular complexity index is 915. The van der Waals surface area contributed by atoms with Crippen LogP contribution in [0.3, 0.4) is 0 Å². The molecule has 4 rings (SSSR count). The van der Waals surface area contributed by atoms with E-state index in [9.17, 15) is 4.79 Å². The molecule has 1 unspecified atom stereocenters. The molecule has 6 nitrogen and oxygen atoms in total. The van der Waals surface area contributed by atoms with Gasteiger partial charge in [-0.2, -0.15) is 0 Å². The third-order valence-electron chi connectivity index (χ3n) is 4.65. The van der Waals surface area contributed by atoms with Crippen molar-refractivity contribution in [2.75, 3.05) is 6.54 Å². The van der Waals surface area contributed by atoms with Gasteiger partial charge in [-0.15, -0.1) is 21.5 Å². The molecule has 1 fully saturated rings. The number of amides is 1. The number of pyridine rings is 1. The highest BCUT2D eigenvalue weighted by atomic mass is 32.1. The zero-order valence-corrected chi connectivity index (χ0v) is 15.3. The van der Waals surface area contributed by atoms with Gasteiger partial charge in [-0.05, 0) is 44.7 Å². The van der Waals surface area contributed by atoms with E-state index in [1.54, 1.807) is 0 Å². The van der Waals surface area contributed by atoms with Crippen LogP contribution in [0.5, 0.6) is 0 Å². The molecule has 1 aliphatic heterocycles. The highest BCUT2D eigenvalue weighted by molar-refractivity contribution is 7.13. The minimum absolute atomic E-state index is 0.0268. The minimum atomic E-state index is -0.0268. The first-order valence-corrected chi connectivity index (χ1v) is 9.57. The number of carbonyl (C=O) groups is 1. The van der Waals surface area contributed by atoms with Crippen molar-refractivity contribution in [2.24, 2.45) is 0 Å². The van der Waals surface area contributed by atoms with Crippen LogP contribution in [0.15, 0.2) is 24.4 Å². The summed E-state index contributed by atoms with van der Waals surface area (Å²) in [6, 6.07) is 5.82. The predicted molar refractivity (Wildman–Crippen MR) is 96.8 cm³/mol. The number of carbonyl (C=O) groups excluding carboxylic acids is 1. The first-order chi connectivity index (χ1) is 12.2. The Morgan fingerprint density at radius 3 is 3.08 bits per heavy atom. The van der Waals surface area contributed by atoms with Gasteiger partial charge in [0.25, 0.3) is 5.91 Å². The van der Waals surface area contributed by atoms with E-state index in [-0.39, 0.29) is 11.9 Å². The van der Waals surface area contributed by atoms with E-state index in [1.165, 1.54) is 11.3 Å². The molecular formula is C18H21N5OS. The van der Waals surface area contributed by atoms with Gasteiger partial charge < -0.3 is 4.90 Å². The fourth-order valence-electron chi connectivity index (χ4n) is 3.47. The van der Waals surface area contributed by atoms with E-state index in [4.69, 9.17) is 0 Å². The molecule has 1 atom stereocenters. The molecule has 0 spiro atoms. The van der Waals surface area contributed by atoms with Crippen molar-refractivity contribution in [1.29, 1.82) is 0 Å². The summed E-state index contributed by atoms with van der Waals surface area (Å²) in [6.07, 6.45) is 5.83. The predicted octanol–water partition coefficient (Wildman–Crippen LogP) is 3.42. The van der Waals surface area contributed by atoms with Gasteiger partial charge in [-0.25, -0.2) is 4.98 Å². The SMILES string of the molecule is CCCc1nc(C)c(C(=O)N2CCCC2c2nnc3ccccn23)s1. The maximum Gasteiger partial charge on any atom is 0.266 e. The lowest BCUT2D eigenvalue weighted by Crippen LogP contribution is -2.31. The summed E-state index contributed by atoms with van der Waals surface area (Å²) in [6.45, 7) is 4.82. The van der Waals surface area contributed by atoms with Crippen LogP contribution in [0.25, 0.3) is 5.65 Å². The molecule has 0 aromatic carbocycles. The Morgan fingerprint density at radius 2 is 2.24 bits per heavy atom. The number of nitrogens with zero attached hydrogens (tertiary/aromatic N) is 5. The molecule has 7 heteroatoms. The van der Waals surface area contributed by atoms with Gasteiger partial charge in [-0.3, -0.25) is 9.20 Å². The zero-order chi connectivity index (χ0) is 17.4. The van der Waals surface area contributed by atoms with Gasteiger partial charge in [0.15, 0.2) is 11.5 Å². The summed E-state index contributed by atoms with van der Waals surface area (Å²) < 4.78 is 1.98. The smallest absolute Gasteiger partial charge is 0.266 e. The van der Waals surface area contributed by atoms with Gasteiger partial charge in [0.1, 0.15) is 4.88 Å². The van der Waals surface area contributed by atoms with Crippen LogP contribution >= 0.6 is 11.3 Å². The zero-order valence-electron chi connectivity index (χ0n) is 14.5. The second-order valence-electron chi connectivity index (χ2n) is 6.42. The lowest BCUT2D eigenvalue weighted by atomic mass is 10.2. The number of aryl methyl sites for hydroxylation is 2. The summed E-state index contributed by atoms with van der Waals surface area (Å²) in [7, 11) is 0. The van der Waals surface area contributed by atoms with E-state index in [0.717, 1.165) is 59.3 Å². The normalized spacial score (nSPS) is 17.5. The summed E-state index contributed by atoms with van der Waals surface area (Å²) in [5, 5.41) is 9.66. The average Bonchev–Trinajstić information content (AvgIpc) is 3.32. The van der Waals surface area contributed by atoms with Crippen molar-refractivity contribution in [3.8, 4) is 0 Å². The summed E-state index contributed by atoms with van der Waals surface area (Å²) in [5.74, 6) is 0.921. The van der Waals surface area contributed by atoms with E-state index in [0.29, 0.717) is 0 Å². The van der Waals surface area contributed by atoms with Crippen molar-refractivity contribution in [3.63, 3.8) is 0 Å². The molecule has 0 bridgehead atoms. The standard InChI is InChI=1S/C18H21N5OS/c1-3-7-15-19-12(2)16(25-15)18(24)22-11-6-8-13(22)17-21-20-14-9-4-5-10-23(14)17/h4-5,9-10,13H,3,6-8,11H2,1-2H3. The number of rotatable bonds is 4. The van der Waals surface area contributed by atoms with Crippen molar-refractivity contribution in [3.05, 3.63) is 45.8 Å². The Kier molecular flexibility index (Phi) is 4.25. The molecule has 1 amide bonds. The van der Waals surface area contributed by atoms with E-state index in [2.05, 4.69) is 22.1 Å². The minimum Gasteiger partial charge on any atom is -0.328 e.